The van der Waals surface area contributed by atoms with Gasteiger partial charge in [0.2, 0.25) is 6.10 Å². The number of anilines is 2. The Labute approximate surface area is 301 Å². The zero-order chi connectivity index (χ0) is 36.4. The summed E-state index contributed by atoms with van der Waals surface area (Å²) in [5, 5.41) is 46.7. The van der Waals surface area contributed by atoms with E-state index in [1.54, 1.807) is 12.2 Å². The first kappa shape index (κ1) is 35.5. The molecule has 1 aliphatic carbocycles. The van der Waals surface area contributed by atoms with E-state index in [1.807, 2.05) is 0 Å². The Morgan fingerprint density at radius 3 is 2.63 bits per heavy atom. The number of carbonyl (C=O) groups excluding carboxylic acids is 2. The molecule has 1 fully saturated rings. The van der Waals surface area contributed by atoms with Crippen LogP contribution >= 0.6 is 34.9 Å². The Balaban J connectivity index is 1.15. The number of hydrogen-bond donors (Lipinski definition) is 7. The summed E-state index contributed by atoms with van der Waals surface area (Å²) in [4.78, 5) is 70.5. The fourth-order valence-corrected chi connectivity index (χ4v) is 8.16. The highest BCUT2D eigenvalue weighted by Gasteiger charge is 2.54. The number of thiazole rings is 1. The predicted octanol–water partition coefficient (Wildman–Crippen LogP) is 2.02. The van der Waals surface area contributed by atoms with E-state index in [0.29, 0.717) is 22.3 Å². The number of aryl methyl sites for hydroxylation is 1. The smallest absolute Gasteiger partial charge is 0.352 e. The fraction of sp³-hybridized carbons (Fsp3) is 0.290. The molecule has 1 aromatic carbocycles. The number of nitrogen functional groups attached to an aromatic ring is 2. The lowest BCUT2D eigenvalue weighted by molar-refractivity contribution is -0.151. The first-order valence-electron chi connectivity index (χ1n) is 15.3. The highest BCUT2D eigenvalue weighted by Crippen LogP contribution is 2.41. The van der Waals surface area contributed by atoms with E-state index in [1.165, 1.54) is 35.0 Å². The Bertz CT molecular complexity index is 2020. The largest absolute Gasteiger partial charge is 0.504 e. The third kappa shape index (κ3) is 7.42. The Morgan fingerprint density at radius 2 is 1.92 bits per heavy atom. The van der Waals surface area contributed by atoms with E-state index in [-0.39, 0.29) is 27.8 Å². The number of hydrogen-bond acceptors (Lipinski definition) is 16. The molecule has 2 aliphatic heterocycles. The number of nitrogens with one attached hydrogen (secondary N) is 1. The van der Waals surface area contributed by atoms with Crippen LogP contribution in [0.3, 0.4) is 0 Å². The van der Waals surface area contributed by atoms with Gasteiger partial charge in [0.25, 0.3) is 11.8 Å². The zero-order valence-electron chi connectivity index (χ0n) is 26.4. The van der Waals surface area contributed by atoms with Gasteiger partial charge in [-0.3, -0.25) is 14.5 Å². The standard InChI is InChI=1S/C31H30N8O9S3/c32-24-15-5-1-2-6-16(15)35-31(37-24)49-9-3-4-14-11-50-27-21(26(43)39(27)22(14)28(44)45)36-25(42)20(17-12-51-30(33)34-17)38-48-23(29(46)47)13-7-8-18(40)19(41)10-13/h3-4,7-8,10,12,21,23,27,40-41H,1-2,5-6,9,11H2,(H2,33,34)(H,36,42)(H,44,45)(H,46,47)(H2,32,35,37)/b4-3+,38-20+/t21-,23+,27-/m1/s1. The number of nitrogens with zero attached hydrogens (tertiary/aromatic N) is 5. The van der Waals surface area contributed by atoms with Crippen molar-refractivity contribution < 1.29 is 44.4 Å². The second-order valence-corrected chi connectivity index (χ2v) is 14.3. The van der Waals surface area contributed by atoms with Crippen LogP contribution in [0.1, 0.15) is 41.5 Å². The molecular formula is C31H30N8O9S3. The predicted molar refractivity (Wildman–Crippen MR) is 187 cm³/mol. The summed E-state index contributed by atoms with van der Waals surface area (Å²) in [5.74, 6) is -4.46. The molecule has 0 unspecified atom stereocenters. The molecule has 9 N–H and O–H groups in total. The van der Waals surface area contributed by atoms with E-state index >= 15 is 0 Å². The number of carboxylic acid groups (broad SMARTS) is 2. The van der Waals surface area contributed by atoms with Gasteiger partial charge in [-0.2, -0.15) is 0 Å². The highest BCUT2D eigenvalue weighted by atomic mass is 32.2. The number of oxime groups is 1. The van der Waals surface area contributed by atoms with Gasteiger partial charge in [0.15, 0.2) is 27.5 Å². The van der Waals surface area contributed by atoms with Crippen molar-refractivity contribution in [2.75, 3.05) is 23.0 Å². The van der Waals surface area contributed by atoms with Crippen LogP contribution in [-0.2, 0) is 36.9 Å². The molecule has 51 heavy (non-hydrogen) atoms. The Kier molecular flexibility index (Phi) is 10.3. The van der Waals surface area contributed by atoms with Crippen LogP contribution in [0.2, 0.25) is 0 Å². The number of phenols is 2. The molecule has 20 heteroatoms. The van der Waals surface area contributed by atoms with Crippen LogP contribution in [0.4, 0.5) is 10.9 Å². The van der Waals surface area contributed by atoms with Crippen LogP contribution in [-0.4, -0.2) is 92.7 Å². The van der Waals surface area contributed by atoms with Gasteiger partial charge in [0.05, 0.1) is 5.69 Å². The number of aliphatic carboxylic acids is 2. The normalized spacial score (nSPS) is 19.3. The second kappa shape index (κ2) is 14.9. The minimum absolute atomic E-state index is 0.0621. The number of carbonyl (C=O) groups is 4. The lowest BCUT2D eigenvalue weighted by atomic mass is 9.97. The topological polar surface area (TPSA) is 277 Å². The third-order valence-corrected chi connectivity index (χ3v) is 10.8. The van der Waals surface area contributed by atoms with Crippen molar-refractivity contribution in [2.24, 2.45) is 5.16 Å². The average Bonchev–Trinajstić information content (AvgIpc) is 3.53. The maximum absolute atomic E-state index is 13.5. The number of amides is 2. The minimum Gasteiger partial charge on any atom is -0.504 e. The van der Waals surface area contributed by atoms with Crippen molar-refractivity contribution in [3.05, 3.63) is 69.5 Å². The van der Waals surface area contributed by atoms with Crippen molar-refractivity contribution >= 4 is 75.3 Å². The lowest BCUT2D eigenvalue weighted by Gasteiger charge is -2.49. The van der Waals surface area contributed by atoms with Crippen LogP contribution in [0.25, 0.3) is 0 Å². The van der Waals surface area contributed by atoms with Crippen molar-refractivity contribution in [1.82, 2.24) is 25.2 Å². The maximum atomic E-state index is 13.5. The number of fused-ring (bicyclic) bond motifs is 2. The van der Waals surface area contributed by atoms with Gasteiger partial charge in [0, 0.05) is 28.0 Å². The number of aromatic nitrogens is 3. The highest BCUT2D eigenvalue weighted by molar-refractivity contribution is 8.00. The van der Waals surface area contributed by atoms with Crippen molar-refractivity contribution in [3.63, 3.8) is 0 Å². The second-order valence-electron chi connectivity index (χ2n) is 11.4. The van der Waals surface area contributed by atoms with Crippen LogP contribution in [0.5, 0.6) is 11.5 Å². The number of nitrogens with two attached hydrogens (primary N) is 2. The van der Waals surface area contributed by atoms with E-state index in [0.717, 1.165) is 65.3 Å². The zero-order valence-corrected chi connectivity index (χ0v) is 28.8. The SMILES string of the molecule is Nc1nc(/C(=N\O[C@H](C(=O)O)c2ccc(O)c(O)c2)C(=O)N[C@@H]2C(=O)N3C(C(=O)O)=C(/C=C/CSc4nc(N)c5c(n4)CCCC5)CS[C@H]23)cs1. The third-order valence-electron chi connectivity index (χ3n) is 8.06. The molecule has 2 amide bonds. The maximum Gasteiger partial charge on any atom is 0.352 e. The van der Waals surface area contributed by atoms with E-state index in [9.17, 15) is 39.6 Å². The number of thioether (sulfide) groups is 2. The fourth-order valence-electron chi connectivity index (χ4n) is 5.62. The molecule has 266 valence electrons. The van der Waals surface area contributed by atoms with Gasteiger partial charge in [-0.15, -0.1) is 23.1 Å². The van der Waals surface area contributed by atoms with Crippen molar-refractivity contribution in [1.29, 1.82) is 0 Å². The molecule has 0 radical (unpaired) electrons. The molecule has 0 bridgehead atoms. The molecule has 17 nitrogen and oxygen atoms in total. The lowest BCUT2D eigenvalue weighted by Crippen LogP contribution is -2.71. The molecule has 4 heterocycles. The van der Waals surface area contributed by atoms with Crippen molar-refractivity contribution in [2.45, 2.75) is 48.4 Å². The van der Waals surface area contributed by atoms with Gasteiger partial charge in [0.1, 0.15) is 28.6 Å². The van der Waals surface area contributed by atoms with E-state index in [2.05, 4.69) is 25.4 Å². The first-order valence-corrected chi connectivity index (χ1v) is 18.2. The van der Waals surface area contributed by atoms with Crippen LogP contribution < -0.4 is 16.8 Å². The molecule has 6 rings (SSSR count). The summed E-state index contributed by atoms with van der Waals surface area (Å²) in [5.41, 5.74) is 13.4. The monoisotopic (exact) mass is 754 g/mol. The van der Waals surface area contributed by atoms with E-state index in [4.69, 9.17) is 16.3 Å². The van der Waals surface area contributed by atoms with Gasteiger partial charge in [-0.25, -0.2) is 24.5 Å². The van der Waals surface area contributed by atoms with Crippen molar-refractivity contribution in [3.8, 4) is 11.5 Å². The summed E-state index contributed by atoms with van der Waals surface area (Å²) in [6.45, 7) is 0. The Morgan fingerprint density at radius 1 is 1.14 bits per heavy atom. The molecule has 0 saturated carbocycles. The van der Waals surface area contributed by atoms with Gasteiger partial charge >= 0.3 is 11.9 Å². The number of aromatic hydroxyl groups is 2. The Hall–Kier alpha value is -5.34. The van der Waals surface area contributed by atoms with Gasteiger partial charge in [-0.1, -0.05) is 35.1 Å². The molecule has 3 aliphatic rings. The summed E-state index contributed by atoms with van der Waals surface area (Å²) >= 11 is 3.57. The number of allylic oxidation sites excluding steroid dienone is 1. The number of carboxylic acids is 2. The molecular weight excluding hydrogens is 725 g/mol. The van der Waals surface area contributed by atoms with Crippen LogP contribution in [0.15, 0.2) is 57.3 Å². The van der Waals surface area contributed by atoms with Gasteiger partial charge < -0.3 is 42.0 Å². The molecule has 0 spiro atoms. The van der Waals surface area contributed by atoms with E-state index < -0.39 is 58.5 Å². The molecule has 3 atom stereocenters. The summed E-state index contributed by atoms with van der Waals surface area (Å²) in [6, 6.07) is 2.04. The number of phenolic OH excluding ortho intramolecular Hbond substituents is 2. The summed E-state index contributed by atoms with van der Waals surface area (Å²) in [7, 11) is 0. The summed E-state index contributed by atoms with van der Waals surface area (Å²) in [6.07, 6.45) is 5.40. The minimum atomic E-state index is -1.82. The van der Waals surface area contributed by atoms with Crippen LogP contribution in [0, 0.1) is 0 Å². The van der Waals surface area contributed by atoms with Gasteiger partial charge in [-0.05, 0) is 43.4 Å². The number of rotatable bonds is 12. The average molecular weight is 755 g/mol. The molecule has 3 aromatic rings. The number of β-lactam (4-membered cyclic amide) rings is 1. The molecule has 1 saturated heterocycles. The summed E-state index contributed by atoms with van der Waals surface area (Å²) < 4.78 is 0. The number of benzene rings is 1. The quantitative estimate of drug-likeness (QED) is 0.0348. The first-order chi connectivity index (χ1) is 24.4. The molecule has 2 aromatic heterocycles.